The summed E-state index contributed by atoms with van der Waals surface area (Å²) in [5.74, 6) is 0.723. The largest absolute Gasteiger partial charge is 0.469 e. The lowest BCUT2D eigenvalue weighted by atomic mass is 9.95. The first-order valence-corrected chi connectivity index (χ1v) is 7.36. The Bertz CT molecular complexity index is 660. The number of aryl methyl sites for hydroxylation is 2. The van der Waals surface area contributed by atoms with Gasteiger partial charge in [0.05, 0.1) is 6.26 Å². The van der Waals surface area contributed by atoms with Gasteiger partial charge in [0, 0.05) is 24.1 Å². The number of amides is 1. The van der Waals surface area contributed by atoms with Gasteiger partial charge in [-0.2, -0.15) is 0 Å². The molecule has 4 nitrogen and oxygen atoms in total. The number of furan rings is 1. The van der Waals surface area contributed by atoms with E-state index in [4.69, 9.17) is 4.42 Å². The molecule has 0 radical (unpaired) electrons. The van der Waals surface area contributed by atoms with E-state index in [2.05, 4.69) is 5.32 Å². The number of rotatable bonds is 3. The molecule has 0 spiro atoms. The monoisotopic (exact) mass is 285 g/mol. The standard InChI is InChI=1S/C17H19NO3/c1-2-15-13(7-9-21-15)16(19)12-6-5-11-4-3-8-18-17(20)14(11)10-12/h5-7,9-10,16,19H,2-4,8H2,1H3,(H,18,20). The Balaban J connectivity index is 1.98. The smallest absolute Gasteiger partial charge is 0.251 e. The van der Waals surface area contributed by atoms with Crippen molar-refractivity contribution in [2.45, 2.75) is 32.3 Å². The third kappa shape index (κ3) is 2.59. The van der Waals surface area contributed by atoms with E-state index in [1.807, 2.05) is 19.1 Å². The number of nitrogens with one attached hydrogen (secondary N) is 1. The third-order valence-corrected chi connectivity index (χ3v) is 4.00. The summed E-state index contributed by atoms with van der Waals surface area (Å²) in [7, 11) is 0. The van der Waals surface area contributed by atoms with Crippen LogP contribution in [0.4, 0.5) is 0 Å². The van der Waals surface area contributed by atoms with Crippen LogP contribution in [0.1, 0.15) is 52.3 Å². The first kappa shape index (κ1) is 13.9. The van der Waals surface area contributed by atoms with Gasteiger partial charge in [-0.05, 0) is 36.1 Å². The van der Waals surface area contributed by atoms with Crippen LogP contribution in [0.5, 0.6) is 0 Å². The lowest BCUT2D eigenvalue weighted by Gasteiger charge is -2.13. The Morgan fingerprint density at radius 1 is 1.38 bits per heavy atom. The molecule has 1 amide bonds. The lowest BCUT2D eigenvalue weighted by molar-refractivity contribution is 0.0956. The number of carbonyl (C=O) groups is 1. The van der Waals surface area contributed by atoms with Crippen molar-refractivity contribution >= 4 is 5.91 Å². The molecular formula is C17H19NO3. The van der Waals surface area contributed by atoms with Crippen LogP contribution in [0, 0.1) is 0 Å². The molecule has 1 unspecified atom stereocenters. The van der Waals surface area contributed by atoms with E-state index in [1.165, 1.54) is 0 Å². The zero-order valence-corrected chi connectivity index (χ0v) is 12.1. The summed E-state index contributed by atoms with van der Waals surface area (Å²) >= 11 is 0. The zero-order valence-electron chi connectivity index (χ0n) is 12.1. The lowest BCUT2D eigenvalue weighted by Crippen LogP contribution is -2.22. The number of aliphatic hydroxyl groups excluding tert-OH is 1. The van der Waals surface area contributed by atoms with Gasteiger partial charge in [-0.15, -0.1) is 0 Å². The Morgan fingerprint density at radius 3 is 3.05 bits per heavy atom. The van der Waals surface area contributed by atoms with Crippen molar-refractivity contribution < 1.29 is 14.3 Å². The minimum absolute atomic E-state index is 0.0561. The molecule has 0 aliphatic carbocycles. The molecule has 21 heavy (non-hydrogen) atoms. The molecule has 0 saturated carbocycles. The summed E-state index contributed by atoms with van der Waals surface area (Å²) in [6.45, 7) is 2.69. The van der Waals surface area contributed by atoms with Crippen molar-refractivity contribution in [3.8, 4) is 0 Å². The van der Waals surface area contributed by atoms with Crippen LogP contribution in [-0.2, 0) is 12.8 Å². The molecule has 3 rings (SSSR count). The van der Waals surface area contributed by atoms with Crippen LogP contribution in [0.25, 0.3) is 0 Å². The number of hydrogen-bond acceptors (Lipinski definition) is 3. The molecule has 1 aromatic heterocycles. The molecule has 2 aromatic rings. The van der Waals surface area contributed by atoms with Crippen molar-refractivity contribution in [3.05, 3.63) is 58.5 Å². The minimum atomic E-state index is -0.764. The minimum Gasteiger partial charge on any atom is -0.469 e. The molecule has 2 heterocycles. The van der Waals surface area contributed by atoms with Gasteiger partial charge in [-0.3, -0.25) is 4.79 Å². The Morgan fingerprint density at radius 2 is 2.24 bits per heavy atom. The predicted molar refractivity (Wildman–Crippen MR) is 79.2 cm³/mol. The molecule has 1 aromatic carbocycles. The number of hydrogen-bond donors (Lipinski definition) is 2. The fraction of sp³-hybridized carbons (Fsp3) is 0.353. The van der Waals surface area contributed by atoms with Crippen molar-refractivity contribution in [1.82, 2.24) is 5.32 Å². The van der Waals surface area contributed by atoms with Gasteiger partial charge in [0.1, 0.15) is 11.9 Å². The number of aliphatic hydroxyl groups is 1. The molecule has 1 aliphatic heterocycles. The van der Waals surface area contributed by atoms with Gasteiger partial charge in [-0.25, -0.2) is 0 Å². The van der Waals surface area contributed by atoms with Crippen LogP contribution in [-0.4, -0.2) is 17.6 Å². The molecule has 0 fully saturated rings. The van der Waals surface area contributed by atoms with Crippen LogP contribution in [0.3, 0.4) is 0 Å². The maximum atomic E-state index is 12.1. The highest BCUT2D eigenvalue weighted by Crippen LogP contribution is 2.28. The topological polar surface area (TPSA) is 62.5 Å². The van der Waals surface area contributed by atoms with Gasteiger partial charge in [0.25, 0.3) is 5.91 Å². The van der Waals surface area contributed by atoms with E-state index in [-0.39, 0.29) is 5.91 Å². The van der Waals surface area contributed by atoms with Gasteiger partial charge < -0.3 is 14.8 Å². The van der Waals surface area contributed by atoms with E-state index < -0.39 is 6.10 Å². The summed E-state index contributed by atoms with van der Waals surface area (Å²) in [5.41, 5.74) is 3.21. The van der Waals surface area contributed by atoms with Crippen molar-refractivity contribution in [3.63, 3.8) is 0 Å². The highest BCUT2D eigenvalue weighted by molar-refractivity contribution is 5.96. The second-order valence-corrected chi connectivity index (χ2v) is 5.33. The molecule has 1 atom stereocenters. The van der Waals surface area contributed by atoms with Crippen LogP contribution < -0.4 is 5.32 Å². The summed E-state index contributed by atoms with van der Waals surface area (Å²) in [4.78, 5) is 12.1. The zero-order chi connectivity index (χ0) is 14.8. The molecule has 2 N–H and O–H groups in total. The molecule has 0 saturated heterocycles. The van der Waals surface area contributed by atoms with E-state index in [0.717, 1.165) is 41.7 Å². The summed E-state index contributed by atoms with van der Waals surface area (Å²) in [6.07, 6.45) is 3.39. The Kier molecular flexibility index (Phi) is 3.80. The first-order chi connectivity index (χ1) is 10.2. The van der Waals surface area contributed by atoms with Crippen molar-refractivity contribution in [2.24, 2.45) is 0 Å². The van der Waals surface area contributed by atoms with Crippen LogP contribution >= 0.6 is 0 Å². The van der Waals surface area contributed by atoms with Gasteiger partial charge in [0.2, 0.25) is 0 Å². The fourth-order valence-corrected chi connectivity index (χ4v) is 2.83. The summed E-state index contributed by atoms with van der Waals surface area (Å²) in [6, 6.07) is 7.43. The Labute approximate surface area is 123 Å². The van der Waals surface area contributed by atoms with E-state index in [9.17, 15) is 9.90 Å². The van der Waals surface area contributed by atoms with Crippen LogP contribution in [0.2, 0.25) is 0 Å². The quantitative estimate of drug-likeness (QED) is 0.911. The van der Waals surface area contributed by atoms with Gasteiger partial charge >= 0.3 is 0 Å². The van der Waals surface area contributed by atoms with Crippen molar-refractivity contribution in [1.29, 1.82) is 0 Å². The second kappa shape index (κ2) is 5.74. The fourth-order valence-electron chi connectivity index (χ4n) is 2.83. The number of fused-ring (bicyclic) bond motifs is 1. The maximum absolute atomic E-state index is 12.1. The summed E-state index contributed by atoms with van der Waals surface area (Å²) in [5, 5.41) is 13.4. The molecule has 1 aliphatic rings. The second-order valence-electron chi connectivity index (χ2n) is 5.33. The molecule has 4 heteroatoms. The van der Waals surface area contributed by atoms with E-state index >= 15 is 0 Å². The maximum Gasteiger partial charge on any atom is 0.251 e. The van der Waals surface area contributed by atoms with E-state index in [1.54, 1.807) is 18.4 Å². The van der Waals surface area contributed by atoms with Crippen LogP contribution in [0.15, 0.2) is 34.9 Å². The highest BCUT2D eigenvalue weighted by Gasteiger charge is 2.20. The normalized spacial score (nSPS) is 16.0. The van der Waals surface area contributed by atoms with Gasteiger partial charge in [-0.1, -0.05) is 19.1 Å². The molecular weight excluding hydrogens is 266 g/mol. The molecule has 0 bridgehead atoms. The third-order valence-electron chi connectivity index (χ3n) is 4.00. The number of benzene rings is 1. The SMILES string of the molecule is CCc1occc1C(O)c1ccc2c(c1)C(=O)NCCC2. The average Bonchev–Trinajstić information content (AvgIpc) is 2.91. The van der Waals surface area contributed by atoms with E-state index in [0.29, 0.717) is 12.1 Å². The van der Waals surface area contributed by atoms with Crippen molar-refractivity contribution in [2.75, 3.05) is 6.54 Å². The highest BCUT2D eigenvalue weighted by atomic mass is 16.3. The first-order valence-electron chi connectivity index (χ1n) is 7.36. The summed E-state index contributed by atoms with van der Waals surface area (Å²) < 4.78 is 5.37. The average molecular weight is 285 g/mol. The predicted octanol–water partition coefficient (Wildman–Crippen LogP) is 2.60. The Hall–Kier alpha value is -2.07. The molecule has 110 valence electrons. The van der Waals surface area contributed by atoms with Gasteiger partial charge in [0.15, 0.2) is 0 Å². The number of carbonyl (C=O) groups excluding carboxylic acids is 1.